The first-order chi connectivity index (χ1) is 8.56. The van der Waals surface area contributed by atoms with Crippen LogP contribution in [0.1, 0.15) is 10.4 Å². The Hall–Kier alpha value is -1.20. The molecule has 1 aromatic carbocycles. The summed E-state index contributed by atoms with van der Waals surface area (Å²) < 4.78 is 3.56. The fourth-order valence-electron chi connectivity index (χ4n) is 1.55. The Balaban J connectivity index is 2.21. The van der Waals surface area contributed by atoms with E-state index in [2.05, 4.69) is 31.9 Å². The average Bonchev–Trinajstić information content (AvgIpc) is 2.34. The van der Waals surface area contributed by atoms with Crippen molar-refractivity contribution in [3.8, 4) is 0 Å². The van der Waals surface area contributed by atoms with Gasteiger partial charge in [0.15, 0.2) is 6.54 Å². The Morgan fingerprint density at radius 3 is 2.33 bits per heavy atom. The number of Topliss-reactive ketones (excluding diaryl/α,β-unsaturated/α-hetero) is 1. The van der Waals surface area contributed by atoms with Crippen molar-refractivity contribution in [1.29, 1.82) is 0 Å². The lowest BCUT2D eigenvalue weighted by Crippen LogP contribution is -2.40. The molecule has 0 saturated heterocycles. The zero-order valence-corrected chi connectivity index (χ0v) is 12.6. The van der Waals surface area contributed by atoms with E-state index in [4.69, 9.17) is 5.73 Å². The second-order valence-corrected chi connectivity index (χ2v) is 5.66. The van der Waals surface area contributed by atoms with Crippen LogP contribution >= 0.6 is 31.9 Å². The predicted molar refractivity (Wildman–Crippen MR) is 77.2 cm³/mol. The van der Waals surface area contributed by atoms with Gasteiger partial charge in [-0.3, -0.25) is 10.5 Å². The molecule has 18 heavy (non-hydrogen) atoms. The minimum atomic E-state index is 0.0253. The van der Waals surface area contributed by atoms with Gasteiger partial charge < -0.3 is 0 Å². The first-order valence-electron chi connectivity index (χ1n) is 5.29. The molecule has 3 nitrogen and oxygen atoms in total. The number of halogens is 2. The topological polar surface area (TPSA) is 47.0 Å². The van der Waals surface area contributed by atoms with Crippen LogP contribution in [0.5, 0.6) is 0 Å². The molecule has 1 heterocycles. The fraction of sp³-hybridized carbons (Fsp3) is 0.0769. The van der Waals surface area contributed by atoms with Crippen LogP contribution in [0.2, 0.25) is 0 Å². The summed E-state index contributed by atoms with van der Waals surface area (Å²) in [4.78, 5) is 12.1. The van der Waals surface area contributed by atoms with Gasteiger partial charge in [-0.1, -0.05) is 28.1 Å². The minimum absolute atomic E-state index is 0.0253. The Morgan fingerprint density at radius 1 is 1.06 bits per heavy atom. The van der Waals surface area contributed by atoms with Crippen molar-refractivity contribution < 1.29 is 9.36 Å². The monoisotopic (exact) mass is 369 g/mol. The molecule has 92 valence electrons. The van der Waals surface area contributed by atoms with Gasteiger partial charge in [0.1, 0.15) is 6.20 Å². The van der Waals surface area contributed by atoms with Gasteiger partial charge in [-0.15, -0.1) is 0 Å². The second kappa shape index (κ2) is 5.63. The molecular weight excluding hydrogens is 360 g/mol. The van der Waals surface area contributed by atoms with Crippen molar-refractivity contribution in [2.45, 2.75) is 6.54 Å². The van der Waals surface area contributed by atoms with Gasteiger partial charge >= 0.3 is 0 Å². The highest BCUT2D eigenvalue weighted by Crippen LogP contribution is 2.12. The van der Waals surface area contributed by atoms with Crippen LogP contribution in [0.4, 0.5) is 5.82 Å². The van der Waals surface area contributed by atoms with Crippen LogP contribution in [-0.2, 0) is 6.54 Å². The first-order valence-corrected chi connectivity index (χ1v) is 6.88. The predicted octanol–water partition coefficient (Wildman–Crippen LogP) is 2.96. The summed E-state index contributed by atoms with van der Waals surface area (Å²) in [5.41, 5.74) is 6.49. The molecule has 2 rings (SSSR count). The molecule has 1 aromatic heterocycles. The molecule has 0 saturated carbocycles. The summed E-state index contributed by atoms with van der Waals surface area (Å²) in [5, 5.41) is 0. The van der Waals surface area contributed by atoms with Gasteiger partial charge in [-0.25, -0.2) is 4.57 Å². The smallest absolute Gasteiger partial charge is 0.272 e. The van der Waals surface area contributed by atoms with Gasteiger partial charge in [0.2, 0.25) is 5.78 Å². The molecule has 0 aliphatic carbocycles. The third-order valence-electron chi connectivity index (χ3n) is 2.50. The van der Waals surface area contributed by atoms with E-state index >= 15 is 0 Å². The van der Waals surface area contributed by atoms with Crippen molar-refractivity contribution in [1.82, 2.24) is 0 Å². The van der Waals surface area contributed by atoms with Gasteiger partial charge in [0, 0.05) is 16.1 Å². The summed E-state index contributed by atoms with van der Waals surface area (Å²) in [7, 11) is 0. The van der Waals surface area contributed by atoms with Crippen molar-refractivity contribution in [3.05, 3.63) is 57.1 Å². The summed E-state index contributed by atoms with van der Waals surface area (Å²) in [5.74, 6) is 0.584. The number of benzene rings is 1. The normalized spacial score (nSPS) is 10.3. The molecule has 0 spiro atoms. The number of anilines is 1. The lowest BCUT2D eigenvalue weighted by atomic mass is 10.1. The van der Waals surface area contributed by atoms with Crippen molar-refractivity contribution in [2.24, 2.45) is 0 Å². The molecule has 2 N–H and O–H groups in total. The number of carbonyl (C=O) groups excluding carboxylic acids is 1. The largest absolute Gasteiger partial charge is 0.290 e. The van der Waals surface area contributed by atoms with Crippen LogP contribution in [0.15, 0.2) is 51.5 Å². The molecule has 5 heteroatoms. The first kappa shape index (κ1) is 13.2. The molecule has 0 radical (unpaired) electrons. The number of hydrogen-bond donors (Lipinski definition) is 1. The van der Waals surface area contributed by atoms with Gasteiger partial charge in [-0.05, 0) is 34.1 Å². The molecular formula is C13H11Br2N2O+. The summed E-state index contributed by atoms with van der Waals surface area (Å²) in [6.07, 6.45) is 1.80. The number of ketones is 1. The number of nitrogen functional groups attached to an aromatic ring is 1. The Morgan fingerprint density at radius 2 is 1.67 bits per heavy atom. The number of hydrogen-bond acceptors (Lipinski definition) is 2. The van der Waals surface area contributed by atoms with Crippen LogP contribution in [0, 0.1) is 0 Å². The molecule has 0 aliphatic heterocycles. The number of nitrogens with zero attached hydrogens (tertiary/aromatic N) is 1. The fourth-order valence-corrected chi connectivity index (χ4v) is 2.19. The van der Waals surface area contributed by atoms with Crippen LogP contribution in [-0.4, -0.2) is 5.78 Å². The van der Waals surface area contributed by atoms with Crippen molar-refractivity contribution in [2.75, 3.05) is 5.73 Å². The van der Waals surface area contributed by atoms with Gasteiger partial charge in [0.25, 0.3) is 5.82 Å². The number of nitrogens with two attached hydrogens (primary N) is 1. The SMILES string of the molecule is Nc1ccc(Br)c[n+]1CC(=O)c1ccc(Br)cc1. The van der Waals surface area contributed by atoms with Crippen molar-refractivity contribution >= 4 is 43.5 Å². The van der Waals surface area contributed by atoms with Crippen LogP contribution < -0.4 is 10.3 Å². The number of rotatable bonds is 3. The highest BCUT2D eigenvalue weighted by Gasteiger charge is 2.12. The standard InChI is InChI=1S/C13H10Br2N2O/c14-10-3-1-9(2-4-10)12(18)8-17-7-11(15)5-6-13(17)16/h1-7,16H,8H2/p+1. The lowest BCUT2D eigenvalue weighted by Gasteiger charge is -2.03. The van der Waals surface area contributed by atoms with Gasteiger partial charge in [-0.2, -0.15) is 0 Å². The maximum atomic E-state index is 12.1. The summed E-state index contributed by atoms with van der Waals surface area (Å²) in [6, 6.07) is 10.9. The molecule has 0 amide bonds. The van der Waals surface area contributed by atoms with Crippen LogP contribution in [0.3, 0.4) is 0 Å². The van der Waals surface area contributed by atoms with E-state index in [0.717, 1.165) is 8.95 Å². The molecule has 0 atom stereocenters. The Kier molecular flexibility index (Phi) is 4.14. The molecule has 0 aliphatic rings. The molecule has 0 fully saturated rings. The Labute approximate surface area is 122 Å². The van der Waals surface area contributed by atoms with Crippen molar-refractivity contribution in [3.63, 3.8) is 0 Å². The van der Waals surface area contributed by atoms with E-state index < -0.39 is 0 Å². The lowest BCUT2D eigenvalue weighted by molar-refractivity contribution is -0.669. The third kappa shape index (κ3) is 3.17. The van der Waals surface area contributed by atoms with E-state index in [1.807, 2.05) is 18.2 Å². The average molecular weight is 371 g/mol. The van der Waals surface area contributed by atoms with Gasteiger partial charge in [0.05, 0.1) is 4.47 Å². The maximum absolute atomic E-state index is 12.1. The Bertz CT molecular complexity index is 582. The third-order valence-corrected chi connectivity index (χ3v) is 3.50. The van der Waals surface area contributed by atoms with E-state index in [1.54, 1.807) is 29.0 Å². The molecule has 2 aromatic rings. The van der Waals surface area contributed by atoms with Crippen LogP contribution in [0.25, 0.3) is 0 Å². The summed E-state index contributed by atoms with van der Waals surface area (Å²) >= 11 is 6.70. The van der Waals surface area contributed by atoms with E-state index in [0.29, 0.717) is 11.4 Å². The second-order valence-electron chi connectivity index (χ2n) is 3.83. The van der Waals surface area contributed by atoms with E-state index in [9.17, 15) is 4.79 Å². The zero-order valence-electron chi connectivity index (χ0n) is 9.44. The van der Waals surface area contributed by atoms with E-state index in [1.165, 1.54) is 0 Å². The maximum Gasteiger partial charge on any atom is 0.272 e. The number of carbonyl (C=O) groups is 1. The zero-order chi connectivity index (χ0) is 13.1. The summed E-state index contributed by atoms with van der Waals surface area (Å²) in [6.45, 7) is 0.229. The number of aromatic nitrogens is 1. The highest BCUT2D eigenvalue weighted by atomic mass is 79.9. The molecule has 0 bridgehead atoms. The number of pyridine rings is 1. The van der Waals surface area contributed by atoms with E-state index in [-0.39, 0.29) is 12.3 Å². The quantitative estimate of drug-likeness (QED) is 0.666. The highest BCUT2D eigenvalue weighted by molar-refractivity contribution is 9.10. The molecule has 0 unspecified atom stereocenters. The minimum Gasteiger partial charge on any atom is -0.290 e.